The Kier molecular flexibility index (Phi) is 4.88. The van der Waals surface area contributed by atoms with Crippen LogP contribution in [0.25, 0.3) is 10.9 Å². The van der Waals surface area contributed by atoms with E-state index in [0.717, 1.165) is 31.9 Å². The molecule has 2 atom stereocenters. The Morgan fingerprint density at radius 2 is 1.93 bits per heavy atom. The lowest BCUT2D eigenvalue weighted by Crippen LogP contribution is -2.23. The Hall–Kier alpha value is -3.12. The predicted molar refractivity (Wildman–Crippen MR) is 110 cm³/mol. The topological polar surface area (TPSA) is 121 Å². The summed E-state index contributed by atoms with van der Waals surface area (Å²) in [6, 6.07) is 10.4. The van der Waals surface area contributed by atoms with Crippen molar-refractivity contribution in [2.45, 2.75) is 36.6 Å². The van der Waals surface area contributed by atoms with Crippen molar-refractivity contribution in [3.8, 4) is 6.07 Å². The first-order valence-electron chi connectivity index (χ1n) is 9.45. The fraction of sp³-hybridized carbons (Fsp3) is 0.350. The van der Waals surface area contributed by atoms with Gasteiger partial charge in [-0.05, 0) is 43.2 Å². The zero-order valence-corrected chi connectivity index (χ0v) is 16.7. The van der Waals surface area contributed by atoms with Gasteiger partial charge in [0.15, 0.2) is 15.7 Å². The summed E-state index contributed by atoms with van der Waals surface area (Å²) in [4.78, 5) is 15.4. The molecule has 0 spiro atoms. The standard InChI is InChI=1S/C20H21N5O3S/c1-29(27,28)15-8-6-14(7-9-15)23-19-18-17(10-11-22-20(18)26)25(24-19)16-5-3-2-4-13(16)12-21/h6-11,13,16H,2-5H2,1H3,(H,22,26)(H,23,24)/t13-,16+/m1/s1. The second kappa shape index (κ2) is 7.37. The van der Waals surface area contributed by atoms with Crippen molar-refractivity contribution in [1.82, 2.24) is 14.8 Å². The Morgan fingerprint density at radius 3 is 2.62 bits per heavy atom. The number of nitriles is 1. The summed E-state index contributed by atoms with van der Waals surface area (Å²) in [5.74, 6) is 0.240. The van der Waals surface area contributed by atoms with E-state index in [1.807, 2.05) is 0 Å². The molecule has 2 aromatic heterocycles. The molecule has 0 bridgehead atoms. The summed E-state index contributed by atoms with van der Waals surface area (Å²) in [5, 5.41) is 17.8. The number of aromatic amines is 1. The minimum atomic E-state index is -3.29. The molecule has 9 heteroatoms. The van der Waals surface area contributed by atoms with Gasteiger partial charge in [0.05, 0.1) is 28.4 Å². The number of aromatic nitrogens is 3. The van der Waals surface area contributed by atoms with Crippen molar-refractivity contribution >= 4 is 32.2 Å². The minimum absolute atomic E-state index is 0.0822. The Morgan fingerprint density at radius 1 is 1.21 bits per heavy atom. The van der Waals surface area contributed by atoms with Gasteiger partial charge in [-0.3, -0.25) is 9.48 Å². The van der Waals surface area contributed by atoms with Crippen LogP contribution in [0.2, 0.25) is 0 Å². The molecule has 4 rings (SSSR count). The number of anilines is 2. The molecule has 1 aliphatic carbocycles. The van der Waals surface area contributed by atoms with Crippen LogP contribution in [-0.2, 0) is 9.84 Å². The van der Waals surface area contributed by atoms with Crippen LogP contribution in [0.3, 0.4) is 0 Å². The average Bonchev–Trinajstić information content (AvgIpc) is 3.07. The van der Waals surface area contributed by atoms with Gasteiger partial charge in [-0.15, -0.1) is 0 Å². The molecule has 150 valence electrons. The number of sulfone groups is 1. The smallest absolute Gasteiger partial charge is 0.261 e. The Balaban J connectivity index is 1.77. The zero-order chi connectivity index (χ0) is 20.6. The first kappa shape index (κ1) is 19.2. The van der Waals surface area contributed by atoms with E-state index in [1.54, 1.807) is 29.1 Å². The van der Waals surface area contributed by atoms with E-state index >= 15 is 0 Å². The van der Waals surface area contributed by atoms with Crippen LogP contribution in [0.15, 0.2) is 46.2 Å². The van der Waals surface area contributed by atoms with Crippen LogP contribution in [0, 0.1) is 17.2 Å². The number of hydrogen-bond donors (Lipinski definition) is 2. The largest absolute Gasteiger partial charge is 0.338 e. The molecule has 8 nitrogen and oxygen atoms in total. The maximum Gasteiger partial charge on any atom is 0.261 e. The molecule has 0 unspecified atom stereocenters. The SMILES string of the molecule is CS(=O)(=O)c1ccc(Nc2nn([C@H]3CCCC[C@@H]3C#N)c3cc[nH]c(=O)c23)cc1. The summed E-state index contributed by atoms with van der Waals surface area (Å²) in [7, 11) is -3.29. The number of fused-ring (bicyclic) bond motifs is 1. The molecule has 1 aliphatic rings. The summed E-state index contributed by atoms with van der Waals surface area (Å²) in [6.45, 7) is 0. The molecule has 1 aromatic carbocycles. The summed E-state index contributed by atoms with van der Waals surface area (Å²) >= 11 is 0. The van der Waals surface area contributed by atoms with Crippen molar-refractivity contribution in [3.63, 3.8) is 0 Å². The van der Waals surface area contributed by atoms with Gasteiger partial charge in [0, 0.05) is 18.1 Å². The normalized spacial score (nSPS) is 19.7. The van der Waals surface area contributed by atoms with E-state index in [2.05, 4.69) is 21.5 Å². The van der Waals surface area contributed by atoms with E-state index in [-0.39, 0.29) is 22.4 Å². The van der Waals surface area contributed by atoms with Crippen LogP contribution in [-0.4, -0.2) is 29.4 Å². The number of pyridine rings is 1. The van der Waals surface area contributed by atoms with Crippen LogP contribution in [0.1, 0.15) is 31.7 Å². The number of benzene rings is 1. The number of H-pyrrole nitrogens is 1. The van der Waals surface area contributed by atoms with Gasteiger partial charge in [0.2, 0.25) is 0 Å². The molecule has 0 amide bonds. The van der Waals surface area contributed by atoms with E-state index in [9.17, 15) is 18.5 Å². The minimum Gasteiger partial charge on any atom is -0.338 e. The number of nitrogens with one attached hydrogen (secondary N) is 2. The maximum atomic E-state index is 12.5. The molecule has 0 radical (unpaired) electrons. The van der Waals surface area contributed by atoms with Crippen molar-refractivity contribution in [3.05, 3.63) is 46.9 Å². The highest BCUT2D eigenvalue weighted by molar-refractivity contribution is 7.90. The molecular weight excluding hydrogens is 390 g/mol. The first-order valence-corrected chi connectivity index (χ1v) is 11.3. The van der Waals surface area contributed by atoms with Crippen LogP contribution >= 0.6 is 0 Å². The van der Waals surface area contributed by atoms with Gasteiger partial charge in [0.1, 0.15) is 5.39 Å². The fourth-order valence-electron chi connectivity index (χ4n) is 3.92. The molecule has 1 fully saturated rings. The highest BCUT2D eigenvalue weighted by Crippen LogP contribution is 2.36. The molecular formula is C20H21N5O3S. The molecule has 29 heavy (non-hydrogen) atoms. The summed E-state index contributed by atoms with van der Waals surface area (Å²) < 4.78 is 25.1. The predicted octanol–water partition coefficient (Wildman–Crippen LogP) is 3.13. The number of rotatable bonds is 4. The van der Waals surface area contributed by atoms with E-state index in [1.165, 1.54) is 12.1 Å². The fourth-order valence-corrected chi connectivity index (χ4v) is 4.55. The van der Waals surface area contributed by atoms with Gasteiger partial charge in [-0.25, -0.2) is 8.42 Å². The van der Waals surface area contributed by atoms with Crippen molar-refractivity contribution < 1.29 is 8.42 Å². The van der Waals surface area contributed by atoms with Gasteiger partial charge in [-0.1, -0.05) is 12.8 Å². The van der Waals surface area contributed by atoms with E-state index < -0.39 is 9.84 Å². The lowest BCUT2D eigenvalue weighted by atomic mass is 9.85. The quantitative estimate of drug-likeness (QED) is 0.680. The maximum absolute atomic E-state index is 12.5. The second-order valence-corrected chi connectivity index (χ2v) is 9.38. The molecule has 2 heterocycles. The van der Waals surface area contributed by atoms with Crippen molar-refractivity contribution in [2.24, 2.45) is 5.92 Å². The van der Waals surface area contributed by atoms with E-state index in [0.29, 0.717) is 22.4 Å². The van der Waals surface area contributed by atoms with Crippen LogP contribution in [0.5, 0.6) is 0 Å². The van der Waals surface area contributed by atoms with Crippen molar-refractivity contribution in [1.29, 1.82) is 5.26 Å². The molecule has 0 saturated heterocycles. The lowest BCUT2D eigenvalue weighted by Gasteiger charge is -2.27. The zero-order valence-electron chi connectivity index (χ0n) is 15.9. The molecule has 3 aromatic rings. The van der Waals surface area contributed by atoms with Crippen molar-refractivity contribution in [2.75, 3.05) is 11.6 Å². The first-order chi connectivity index (χ1) is 13.9. The highest BCUT2D eigenvalue weighted by Gasteiger charge is 2.29. The lowest BCUT2D eigenvalue weighted by molar-refractivity contribution is 0.277. The van der Waals surface area contributed by atoms with Crippen LogP contribution in [0.4, 0.5) is 11.5 Å². The van der Waals surface area contributed by atoms with Gasteiger partial charge in [-0.2, -0.15) is 10.4 Å². The molecule has 2 N–H and O–H groups in total. The number of nitrogens with zero attached hydrogens (tertiary/aromatic N) is 3. The third-order valence-electron chi connectivity index (χ3n) is 5.38. The summed E-state index contributed by atoms with van der Waals surface area (Å²) in [5.41, 5.74) is 1.03. The van der Waals surface area contributed by atoms with Gasteiger partial charge >= 0.3 is 0 Å². The molecule has 1 saturated carbocycles. The van der Waals surface area contributed by atoms with E-state index in [4.69, 9.17) is 0 Å². The summed E-state index contributed by atoms with van der Waals surface area (Å²) in [6.07, 6.45) is 6.43. The second-order valence-electron chi connectivity index (χ2n) is 7.37. The van der Waals surface area contributed by atoms with Crippen LogP contribution < -0.4 is 10.9 Å². The molecule has 0 aliphatic heterocycles. The Labute approximate surface area is 168 Å². The van der Waals surface area contributed by atoms with Gasteiger partial charge in [0.25, 0.3) is 5.56 Å². The average molecular weight is 411 g/mol. The third kappa shape index (κ3) is 3.63. The third-order valence-corrected chi connectivity index (χ3v) is 6.51. The van der Waals surface area contributed by atoms with Gasteiger partial charge < -0.3 is 10.3 Å². The number of hydrogen-bond acceptors (Lipinski definition) is 6. The monoisotopic (exact) mass is 411 g/mol. The Bertz CT molecular complexity index is 1250. The highest BCUT2D eigenvalue weighted by atomic mass is 32.2.